The molecule has 2 rings (SSSR count). The molecule has 0 fully saturated rings. The number of esters is 1. The first-order valence-electron chi connectivity index (χ1n) is 8.40. The van der Waals surface area contributed by atoms with Gasteiger partial charge in [-0.25, -0.2) is 4.79 Å². The van der Waals surface area contributed by atoms with Gasteiger partial charge in [0.15, 0.2) is 5.11 Å². The van der Waals surface area contributed by atoms with Crippen LogP contribution in [0.2, 0.25) is 0 Å². The summed E-state index contributed by atoms with van der Waals surface area (Å²) in [6, 6.07) is 11.7. The van der Waals surface area contributed by atoms with Crippen LogP contribution in [0.25, 0.3) is 0 Å². The molecule has 13 heteroatoms. The third-order valence-electron chi connectivity index (χ3n) is 3.80. The van der Waals surface area contributed by atoms with Crippen LogP contribution in [0.4, 0.5) is 11.4 Å². The van der Waals surface area contributed by atoms with E-state index in [1.54, 1.807) is 18.2 Å². The summed E-state index contributed by atoms with van der Waals surface area (Å²) >= 11 is 23.0. The average molecular weight is 506 g/mol. The van der Waals surface area contributed by atoms with Gasteiger partial charge in [0, 0.05) is 6.07 Å². The van der Waals surface area contributed by atoms with E-state index in [0.29, 0.717) is 5.69 Å². The number of halogens is 3. The predicted molar refractivity (Wildman–Crippen MR) is 122 cm³/mol. The number of alkyl halides is 3. The zero-order valence-electron chi connectivity index (χ0n) is 15.7. The molecule has 9 nitrogen and oxygen atoms in total. The fourth-order valence-electron chi connectivity index (χ4n) is 2.40. The van der Waals surface area contributed by atoms with Gasteiger partial charge in [-0.05, 0) is 30.4 Å². The van der Waals surface area contributed by atoms with Crippen molar-refractivity contribution in [3.05, 3.63) is 69.8 Å². The number of carbonyl (C=O) groups is 2. The second-order valence-electron chi connectivity index (χ2n) is 5.86. The summed E-state index contributed by atoms with van der Waals surface area (Å²) in [4.78, 5) is 34.9. The normalized spacial score (nSPS) is 11.7. The average Bonchev–Trinajstić information content (AvgIpc) is 2.72. The van der Waals surface area contributed by atoms with Gasteiger partial charge in [-0.15, -0.1) is 0 Å². The first kappa shape index (κ1) is 24.6. The number of rotatable bonds is 6. The summed E-state index contributed by atoms with van der Waals surface area (Å²) < 4.78 is 2.62. The Morgan fingerprint density at radius 2 is 1.65 bits per heavy atom. The molecule has 0 aliphatic rings. The molecule has 0 unspecified atom stereocenters. The molecule has 1 atom stereocenters. The number of nitrogens with one attached hydrogen (secondary N) is 3. The highest BCUT2D eigenvalue weighted by Crippen LogP contribution is 2.30. The molecule has 0 heterocycles. The highest BCUT2D eigenvalue weighted by atomic mass is 35.6. The van der Waals surface area contributed by atoms with Crippen molar-refractivity contribution >= 4 is 75.4 Å². The molecule has 0 saturated carbocycles. The number of hydrogen-bond acceptors (Lipinski definition) is 6. The first-order chi connectivity index (χ1) is 14.5. The van der Waals surface area contributed by atoms with E-state index in [0.717, 1.165) is 0 Å². The maximum atomic E-state index is 12.6. The molecule has 0 aliphatic carbocycles. The number of para-hydroxylation sites is 2. The Hall–Kier alpha value is -2.66. The van der Waals surface area contributed by atoms with Gasteiger partial charge >= 0.3 is 5.97 Å². The zero-order chi connectivity index (χ0) is 23.2. The number of hydrogen-bond donors (Lipinski definition) is 3. The number of methoxy groups -OCH3 is 1. The number of nitrogens with zero attached hydrogens (tertiary/aromatic N) is 1. The predicted octanol–water partition coefficient (Wildman–Crippen LogP) is 3.79. The number of nitro benzene ring substituents is 1. The molecular formula is C18H15Cl3N4O5S. The van der Waals surface area contributed by atoms with E-state index in [1.807, 2.05) is 0 Å². The van der Waals surface area contributed by atoms with Crippen molar-refractivity contribution in [3.8, 4) is 0 Å². The molecule has 0 aliphatic heterocycles. The zero-order valence-corrected chi connectivity index (χ0v) is 18.8. The monoisotopic (exact) mass is 504 g/mol. The van der Waals surface area contributed by atoms with E-state index >= 15 is 0 Å². The summed E-state index contributed by atoms with van der Waals surface area (Å²) in [5, 5.41) is 18.8. The lowest BCUT2D eigenvalue weighted by molar-refractivity contribution is -0.385. The van der Waals surface area contributed by atoms with Gasteiger partial charge in [0.05, 0.1) is 23.3 Å². The van der Waals surface area contributed by atoms with Gasteiger partial charge in [-0.3, -0.25) is 14.9 Å². The van der Waals surface area contributed by atoms with Gasteiger partial charge in [0.1, 0.15) is 11.7 Å². The molecule has 3 N–H and O–H groups in total. The minimum Gasteiger partial charge on any atom is -0.465 e. The molecular weight excluding hydrogens is 491 g/mol. The van der Waals surface area contributed by atoms with Crippen molar-refractivity contribution in [3.63, 3.8) is 0 Å². The van der Waals surface area contributed by atoms with Crippen molar-refractivity contribution in [1.82, 2.24) is 10.6 Å². The Morgan fingerprint density at radius 3 is 2.23 bits per heavy atom. The van der Waals surface area contributed by atoms with Gasteiger partial charge in [-0.1, -0.05) is 59.1 Å². The lowest BCUT2D eigenvalue weighted by atomic mass is 10.1. The quantitative estimate of drug-likeness (QED) is 0.135. The van der Waals surface area contributed by atoms with Crippen LogP contribution in [0, 0.1) is 10.1 Å². The van der Waals surface area contributed by atoms with Gasteiger partial charge < -0.3 is 20.7 Å². The lowest BCUT2D eigenvalue weighted by Gasteiger charge is -2.28. The van der Waals surface area contributed by atoms with E-state index in [4.69, 9.17) is 51.8 Å². The lowest BCUT2D eigenvalue weighted by Crippen LogP contribution is -2.56. The van der Waals surface area contributed by atoms with Gasteiger partial charge in [0.2, 0.25) is 3.79 Å². The highest BCUT2D eigenvalue weighted by molar-refractivity contribution is 7.80. The van der Waals surface area contributed by atoms with Crippen LogP contribution in [0.3, 0.4) is 0 Å². The third kappa shape index (κ3) is 6.66. The molecule has 2 aromatic rings. The number of carbonyl (C=O) groups excluding carboxylic acids is 2. The molecule has 0 radical (unpaired) electrons. The van der Waals surface area contributed by atoms with Crippen LogP contribution in [0.1, 0.15) is 20.7 Å². The maximum absolute atomic E-state index is 12.6. The Balaban J connectivity index is 2.20. The van der Waals surface area contributed by atoms with Crippen molar-refractivity contribution in [2.75, 3.05) is 12.4 Å². The standard InChI is InChI=1S/C18H15Cl3N4O5S/c1-30-15(27)10-6-2-4-8-12(10)22-17(31)24-16(18(19,20)21)23-14(26)11-7-3-5-9-13(11)25(28)29/h2-9,16H,1H3,(H,23,26)(H2,22,24,31)/t16-/m0/s1. The summed E-state index contributed by atoms with van der Waals surface area (Å²) in [5.74, 6) is -1.47. The maximum Gasteiger partial charge on any atom is 0.339 e. The topological polar surface area (TPSA) is 123 Å². The van der Waals surface area contributed by atoms with Crippen molar-refractivity contribution in [2.45, 2.75) is 9.96 Å². The van der Waals surface area contributed by atoms with Crippen LogP contribution >= 0.6 is 47.0 Å². The van der Waals surface area contributed by atoms with Crippen molar-refractivity contribution in [1.29, 1.82) is 0 Å². The number of ether oxygens (including phenoxy) is 1. The fraction of sp³-hybridized carbons (Fsp3) is 0.167. The number of amides is 1. The summed E-state index contributed by atoms with van der Waals surface area (Å²) in [6.07, 6.45) is -1.38. The summed E-state index contributed by atoms with van der Waals surface area (Å²) in [6.45, 7) is 0. The summed E-state index contributed by atoms with van der Waals surface area (Å²) in [5.41, 5.74) is -0.150. The second-order valence-corrected chi connectivity index (χ2v) is 8.64. The molecule has 31 heavy (non-hydrogen) atoms. The Bertz CT molecular complexity index is 1020. The number of anilines is 1. The summed E-state index contributed by atoms with van der Waals surface area (Å²) in [7, 11) is 1.23. The van der Waals surface area contributed by atoms with E-state index in [-0.39, 0.29) is 16.2 Å². The van der Waals surface area contributed by atoms with E-state index in [1.165, 1.54) is 37.4 Å². The molecule has 1 amide bonds. The largest absolute Gasteiger partial charge is 0.465 e. The van der Waals surface area contributed by atoms with Crippen LogP contribution in [-0.4, -0.2) is 39.0 Å². The van der Waals surface area contributed by atoms with Crippen molar-refractivity contribution < 1.29 is 19.2 Å². The van der Waals surface area contributed by atoms with E-state index < -0.39 is 32.4 Å². The van der Waals surface area contributed by atoms with Crippen LogP contribution in [0.5, 0.6) is 0 Å². The molecule has 164 valence electrons. The smallest absolute Gasteiger partial charge is 0.339 e. The van der Waals surface area contributed by atoms with Gasteiger partial charge in [-0.2, -0.15) is 0 Å². The van der Waals surface area contributed by atoms with Crippen LogP contribution in [0.15, 0.2) is 48.5 Å². The van der Waals surface area contributed by atoms with Gasteiger partial charge in [0.25, 0.3) is 11.6 Å². The molecule has 0 saturated heterocycles. The van der Waals surface area contributed by atoms with E-state index in [9.17, 15) is 19.7 Å². The molecule has 0 spiro atoms. The molecule has 0 bridgehead atoms. The number of benzene rings is 2. The minimum absolute atomic E-state index is 0.101. The number of nitro groups is 1. The second kappa shape index (κ2) is 10.6. The fourth-order valence-corrected chi connectivity index (χ4v) is 2.96. The highest BCUT2D eigenvalue weighted by Gasteiger charge is 2.36. The van der Waals surface area contributed by atoms with Crippen LogP contribution < -0.4 is 16.0 Å². The van der Waals surface area contributed by atoms with Crippen molar-refractivity contribution in [2.24, 2.45) is 0 Å². The Labute approximate surface area is 197 Å². The third-order valence-corrected chi connectivity index (χ3v) is 4.68. The van der Waals surface area contributed by atoms with E-state index in [2.05, 4.69) is 16.0 Å². The minimum atomic E-state index is -2.09. The SMILES string of the molecule is COC(=O)c1ccccc1NC(=S)N[C@H](NC(=O)c1ccccc1[N+](=O)[O-])C(Cl)(Cl)Cl. The first-order valence-corrected chi connectivity index (χ1v) is 9.94. The number of thiocarbonyl (C=S) groups is 1. The van der Waals surface area contributed by atoms with Crippen LogP contribution in [-0.2, 0) is 4.74 Å². The molecule has 2 aromatic carbocycles. The Morgan fingerprint density at radius 1 is 1.06 bits per heavy atom. The molecule has 0 aromatic heterocycles. The Kier molecular flexibility index (Phi) is 8.40.